The molecule has 1 aliphatic heterocycles. The number of aryl methyl sites for hydroxylation is 1. The molecule has 0 saturated heterocycles. The second kappa shape index (κ2) is 8.79. The molecule has 7 nitrogen and oxygen atoms in total. The first-order chi connectivity index (χ1) is 15.0. The van der Waals surface area contributed by atoms with Crippen molar-refractivity contribution in [1.82, 2.24) is 9.88 Å². The highest BCUT2D eigenvalue weighted by Gasteiger charge is 2.34. The number of benzene rings is 2. The molecule has 4 rings (SSSR count). The number of amides is 3. The van der Waals surface area contributed by atoms with Gasteiger partial charge in [0.1, 0.15) is 5.82 Å². The highest BCUT2D eigenvalue weighted by atomic mass is 16.2. The van der Waals surface area contributed by atoms with Gasteiger partial charge in [-0.1, -0.05) is 42.0 Å². The predicted molar refractivity (Wildman–Crippen MR) is 118 cm³/mol. The Labute approximate surface area is 180 Å². The second-order valence-corrected chi connectivity index (χ2v) is 7.34. The summed E-state index contributed by atoms with van der Waals surface area (Å²) in [6, 6.07) is 18.3. The van der Waals surface area contributed by atoms with E-state index in [1.807, 2.05) is 31.2 Å². The number of rotatable bonds is 7. The van der Waals surface area contributed by atoms with Crippen LogP contribution in [0.3, 0.4) is 0 Å². The molecule has 0 aliphatic carbocycles. The minimum absolute atomic E-state index is 0.00222. The maximum atomic E-state index is 12.5. The van der Waals surface area contributed by atoms with E-state index < -0.39 is 0 Å². The van der Waals surface area contributed by atoms with E-state index in [1.54, 1.807) is 42.6 Å². The quantitative estimate of drug-likeness (QED) is 0.576. The van der Waals surface area contributed by atoms with Crippen molar-refractivity contribution in [2.45, 2.75) is 19.9 Å². The first-order valence-corrected chi connectivity index (χ1v) is 10.0. The molecule has 3 amide bonds. The van der Waals surface area contributed by atoms with E-state index in [4.69, 9.17) is 0 Å². The number of fused-ring (bicyclic) bond motifs is 1. The molecular formula is C24H22N4O3. The molecule has 2 N–H and O–H groups in total. The fraction of sp³-hybridized carbons (Fsp3) is 0.167. The summed E-state index contributed by atoms with van der Waals surface area (Å²) in [5.41, 5.74) is 3.58. The lowest BCUT2D eigenvalue weighted by Crippen LogP contribution is -2.33. The average Bonchev–Trinajstić information content (AvgIpc) is 3.03. The molecule has 0 spiro atoms. The van der Waals surface area contributed by atoms with E-state index in [0.717, 1.165) is 10.5 Å². The summed E-state index contributed by atoms with van der Waals surface area (Å²) in [7, 11) is 0. The number of nitrogens with zero attached hydrogens (tertiary/aromatic N) is 2. The lowest BCUT2D eigenvalue weighted by atomic mass is 10.1. The standard InChI is InChI=1S/C24H22N4O3/c1-16-8-10-17(11-9-16)15-26-22-20(7-4-13-25-22)27-21(29)12-14-28-23(30)18-5-2-3-6-19(18)24(28)31/h2-11,13H,12,14-15H2,1H3,(H,25,26)(H,27,29). The van der Waals surface area contributed by atoms with E-state index in [0.29, 0.717) is 29.2 Å². The van der Waals surface area contributed by atoms with Gasteiger partial charge in [0.15, 0.2) is 0 Å². The third kappa shape index (κ3) is 4.45. The van der Waals surface area contributed by atoms with Crippen LogP contribution in [-0.4, -0.2) is 34.2 Å². The van der Waals surface area contributed by atoms with E-state index in [2.05, 4.69) is 15.6 Å². The van der Waals surface area contributed by atoms with Crippen LogP contribution in [0.4, 0.5) is 11.5 Å². The van der Waals surface area contributed by atoms with E-state index >= 15 is 0 Å². The zero-order valence-electron chi connectivity index (χ0n) is 17.1. The second-order valence-electron chi connectivity index (χ2n) is 7.34. The van der Waals surface area contributed by atoms with Crippen molar-refractivity contribution in [1.29, 1.82) is 0 Å². The maximum absolute atomic E-state index is 12.5. The van der Waals surface area contributed by atoms with Gasteiger partial charge in [0.2, 0.25) is 5.91 Å². The highest BCUT2D eigenvalue weighted by Crippen LogP contribution is 2.23. The summed E-state index contributed by atoms with van der Waals surface area (Å²) in [5, 5.41) is 6.05. The van der Waals surface area contributed by atoms with Gasteiger partial charge in [-0.2, -0.15) is 0 Å². The van der Waals surface area contributed by atoms with Crippen molar-refractivity contribution in [3.8, 4) is 0 Å². The van der Waals surface area contributed by atoms with Crippen molar-refractivity contribution < 1.29 is 14.4 Å². The van der Waals surface area contributed by atoms with Crippen LogP contribution in [0.5, 0.6) is 0 Å². The lowest BCUT2D eigenvalue weighted by molar-refractivity contribution is -0.116. The number of pyridine rings is 1. The molecule has 2 heterocycles. The highest BCUT2D eigenvalue weighted by molar-refractivity contribution is 6.21. The molecule has 1 aromatic heterocycles. The third-order valence-electron chi connectivity index (χ3n) is 5.10. The Balaban J connectivity index is 1.35. The van der Waals surface area contributed by atoms with E-state index in [9.17, 15) is 14.4 Å². The molecule has 0 radical (unpaired) electrons. The van der Waals surface area contributed by atoms with Gasteiger partial charge in [-0.3, -0.25) is 19.3 Å². The Bertz CT molecular complexity index is 1110. The maximum Gasteiger partial charge on any atom is 0.261 e. The van der Waals surface area contributed by atoms with Crippen LogP contribution in [0, 0.1) is 6.92 Å². The van der Waals surface area contributed by atoms with Gasteiger partial charge >= 0.3 is 0 Å². The van der Waals surface area contributed by atoms with Crippen LogP contribution < -0.4 is 10.6 Å². The van der Waals surface area contributed by atoms with Crippen molar-refractivity contribution >= 4 is 29.2 Å². The molecular weight excluding hydrogens is 392 g/mol. The molecule has 0 bridgehead atoms. The number of carbonyl (C=O) groups excluding carboxylic acids is 3. The molecule has 2 aromatic carbocycles. The van der Waals surface area contributed by atoms with Gasteiger partial charge in [-0.15, -0.1) is 0 Å². The van der Waals surface area contributed by atoms with Gasteiger partial charge in [0.05, 0.1) is 16.8 Å². The van der Waals surface area contributed by atoms with Gasteiger partial charge in [0, 0.05) is 25.7 Å². The number of nitrogens with one attached hydrogen (secondary N) is 2. The summed E-state index contributed by atoms with van der Waals surface area (Å²) in [4.78, 5) is 42.8. The van der Waals surface area contributed by atoms with Crippen molar-refractivity contribution in [3.05, 3.63) is 89.1 Å². The normalized spacial score (nSPS) is 12.6. The topological polar surface area (TPSA) is 91.4 Å². The molecule has 1 aliphatic rings. The summed E-state index contributed by atoms with van der Waals surface area (Å²) >= 11 is 0. The Morgan fingerprint density at radius 3 is 2.29 bits per heavy atom. The van der Waals surface area contributed by atoms with Crippen LogP contribution in [0.15, 0.2) is 66.9 Å². The van der Waals surface area contributed by atoms with Crippen molar-refractivity contribution in [2.24, 2.45) is 0 Å². The Morgan fingerprint density at radius 1 is 0.935 bits per heavy atom. The monoisotopic (exact) mass is 414 g/mol. The van der Waals surface area contributed by atoms with Crippen LogP contribution >= 0.6 is 0 Å². The first-order valence-electron chi connectivity index (χ1n) is 10.0. The SMILES string of the molecule is Cc1ccc(CNc2ncccc2NC(=O)CCN2C(=O)c3ccccc3C2=O)cc1. The number of imide groups is 1. The zero-order valence-corrected chi connectivity index (χ0v) is 17.1. The molecule has 0 fully saturated rings. The molecule has 7 heteroatoms. The first kappa shape index (κ1) is 20.3. The van der Waals surface area contributed by atoms with E-state index in [1.165, 1.54) is 5.56 Å². The number of anilines is 2. The number of hydrogen-bond donors (Lipinski definition) is 2. The smallest absolute Gasteiger partial charge is 0.261 e. The van der Waals surface area contributed by atoms with Crippen LogP contribution in [0.25, 0.3) is 0 Å². The van der Waals surface area contributed by atoms with Gasteiger partial charge in [0.25, 0.3) is 11.8 Å². The molecule has 156 valence electrons. The van der Waals surface area contributed by atoms with Crippen molar-refractivity contribution in [3.63, 3.8) is 0 Å². The third-order valence-corrected chi connectivity index (χ3v) is 5.10. The van der Waals surface area contributed by atoms with Gasteiger partial charge in [-0.05, 0) is 36.8 Å². The summed E-state index contributed by atoms with van der Waals surface area (Å²) in [6.07, 6.45) is 1.64. The Hall–Kier alpha value is -4.00. The van der Waals surface area contributed by atoms with Crippen molar-refractivity contribution in [2.75, 3.05) is 17.2 Å². The van der Waals surface area contributed by atoms with Gasteiger partial charge < -0.3 is 10.6 Å². The lowest BCUT2D eigenvalue weighted by Gasteiger charge is -2.15. The van der Waals surface area contributed by atoms with E-state index in [-0.39, 0.29) is 30.7 Å². The number of carbonyl (C=O) groups is 3. The van der Waals surface area contributed by atoms with Crippen LogP contribution in [-0.2, 0) is 11.3 Å². The predicted octanol–water partition coefficient (Wildman–Crippen LogP) is 3.63. The fourth-order valence-electron chi connectivity index (χ4n) is 3.41. The largest absolute Gasteiger partial charge is 0.364 e. The molecule has 3 aromatic rings. The number of aromatic nitrogens is 1. The minimum Gasteiger partial charge on any atom is -0.364 e. The molecule has 0 atom stereocenters. The summed E-state index contributed by atoms with van der Waals surface area (Å²) in [6.45, 7) is 2.62. The van der Waals surface area contributed by atoms with Gasteiger partial charge in [-0.25, -0.2) is 4.98 Å². The Morgan fingerprint density at radius 2 is 1.61 bits per heavy atom. The zero-order chi connectivity index (χ0) is 21.8. The molecule has 0 saturated carbocycles. The summed E-state index contributed by atoms with van der Waals surface area (Å²) in [5.74, 6) is -0.481. The molecule has 31 heavy (non-hydrogen) atoms. The minimum atomic E-state index is -0.366. The molecule has 0 unspecified atom stereocenters. The average molecular weight is 414 g/mol. The fourth-order valence-corrected chi connectivity index (χ4v) is 3.41. The Kier molecular flexibility index (Phi) is 5.75. The van der Waals surface area contributed by atoms with Crippen LogP contribution in [0.2, 0.25) is 0 Å². The van der Waals surface area contributed by atoms with Crippen LogP contribution in [0.1, 0.15) is 38.3 Å². The summed E-state index contributed by atoms with van der Waals surface area (Å²) < 4.78 is 0. The number of hydrogen-bond acceptors (Lipinski definition) is 5.